The number of carbonyl (C=O) groups excluding carboxylic acids is 2. The number of anilines is 2. The molecule has 202 valence electrons. The zero-order valence-corrected chi connectivity index (χ0v) is 22.6. The third-order valence-corrected chi connectivity index (χ3v) is 8.14. The molecule has 12 heteroatoms. The van der Waals surface area contributed by atoms with E-state index in [0.29, 0.717) is 29.1 Å². The number of hydrogen-bond donors (Lipinski definition) is 1. The highest BCUT2D eigenvalue weighted by Gasteiger charge is 2.33. The van der Waals surface area contributed by atoms with E-state index >= 15 is 0 Å². The van der Waals surface area contributed by atoms with E-state index in [2.05, 4.69) is 10.3 Å². The molecule has 38 heavy (non-hydrogen) atoms. The Labute approximate surface area is 223 Å². The van der Waals surface area contributed by atoms with Gasteiger partial charge in [0, 0.05) is 29.6 Å². The van der Waals surface area contributed by atoms with Gasteiger partial charge in [-0.25, -0.2) is 21.6 Å². The molecule has 0 unspecified atom stereocenters. The Kier molecular flexibility index (Phi) is 8.52. The Balaban J connectivity index is 1.77. The van der Waals surface area contributed by atoms with Crippen molar-refractivity contribution in [2.75, 3.05) is 23.0 Å². The van der Waals surface area contributed by atoms with Gasteiger partial charge in [0.25, 0.3) is 0 Å². The normalized spacial score (nSPS) is 11.8. The maximum atomic E-state index is 14.0. The van der Waals surface area contributed by atoms with Crippen LogP contribution in [0.5, 0.6) is 0 Å². The Morgan fingerprint density at radius 2 is 1.71 bits per heavy atom. The predicted octanol–water partition coefficient (Wildman–Crippen LogP) is 5.07. The van der Waals surface area contributed by atoms with Crippen LogP contribution in [0.3, 0.4) is 0 Å². The van der Waals surface area contributed by atoms with Crippen molar-refractivity contribution in [1.29, 1.82) is 0 Å². The van der Waals surface area contributed by atoms with Gasteiger partial charge < -0.3 is 10.2 Å². The summed E-state index contributed by atoms with van der Waals surface area (Å²) in [4.78, 5) is 31.2. The molecule has 7 nitrogen and oxygen atoms in total. The zero-order chi connectivity index (χ0) is 28.4. The summed E-state index contributed by atoms with van der Waals surface area (Å²) >= 11 is 6.44. The fourth-order valence-corrected chi connectivity index (χ4v) is 4.77. The molecule has 0 saturated carbocycles. The molecule has 2 amide bonds. The van der Waals surface area contributed by atoms with Crippen LogP contribution in [0, 0.1) is 17.5 Å². The Hall–Kier alpha value is -3.44. The van der Waals surface area contributed by atoms with Crippen molar-refractivity contribution in [2.45, 2.75) is 37.5 Å². The van der Waals surface area contributed by atoms with Crippen LogP contribution in [0.15, 0.2) is 53.6 Å². The molecular formula is C26H25ClF3N3O4S. The van der Waals surface area contributed by atoms with Crippen molar-refractivity contribution in [3.63, 3.8) is 0 Å². The summed E-state index contributed by atoms with van der Waals surface area (Å²) in [7, 11) is -1.90. The number of hydrogen-bond acceptors (Lipinski definition) is 5. The number of benzene rings is 2. The van der Waals surface area contributed by atoms with Gasteiger partial charge in [-0.3, -0.25) is 14.6 Å². The van der Waals surface area contributed by atoms with Crippen LogP contribution in [0.2, 0.25) is 5.02 Å². The number of halogens is 4. The molecule has 0 aliphatic heterocycles. The second-order valence-corrected chi connectivity index (χ2v) is 11.7. The first kappa shape index (κ1) is 29.1. The van der Waals surface area contributed by atoms with Gasteiger partial charge in [-0.05, 0) is 55.8 Å². The van der Waals surface area contributed by atoms with Gasteiger partial charge in [-0.15, -0.1) is 0 Å². The van der Waals surface area contributed by atoms with Gasteiger partial charge in [0.2, 0.25) is 11.8 Å². The number of carbonyl (C=O) groups is 2. The van der Waals surface area contributed by atoms with Gasteiger partial charge in [-0.1, -0.05) is 24.6 Å². The number of rotatable bonds is 8. The molecule has 3 aromatic rings. The Morgan fingerprint density at radius 3 is 2.29 bits per heavy atom. The topological polar surface area (TPSA) is 96.4 Å². The van der Waals surface area contributed by atoms with Gasteiger partial charge in [0.1, 0.15) is 11.5 Å². The average molecular weight is 568 g/mol. The van der Waals surface area contributed by atoms with Crippen LogP contribution >= 0.6 is 11.6 Å². The molecular weight excluding hydrogens is 543 g/mol. The van der Waals surface area contributed by atoms with E-state index in [0.717, 1.165) is 0 Å². The minimum absolute atomic E-state index is 0.0660. The van der Waals surface area contributed by atoms with Gasteiger partial charge in [0.15, 0.2) is 21.5 Å². The molecule has 2 aromatic carbocycles. The third kappa shape index (κ3) is 5.99. The molecule has 0 atom stereocenters. The molecule has 0 fully saturated rings. The fourth-order valence-electron chi connectivity index (χ4n) is 3.54. The molecule has 1 heterocycles. The minimum atomic E-state index is -3.41. The van der Waals surface area contributed by atoms with E-state index in [1.165, 1.54) is 63.2 Å². The highest BCUT2D eigenvalue weighted by Crippen LogP contribution is 2.34. The van der Waals surface area contributed by atoms with E-state index in [4.69, 9.17) is 11.6 Å². The lowest BCUT2D eigenvalue weighted by molar-refractivity contribution is -0.120. The minimum Gasteiger partial charge on any atom is -0.320 e. The number of amides is 2. The summed E-state index contributed by atoms with van der Waals surface area (Å²) in [5.74, 6) is -5.23. The quantitative estimate of drug-likeness (QED) is 0.384. The lowest BCUT2D eigenvalue weighted by Gasteiger charge is -2.27. The lowest BCUT2D eigenvalue weighted by Crippen LogP contribution is -2.36. The number of nitrogens with one attached hydrogen (secondary N) is 1. The van der Waals surface area contributed by atoms with Crippen LogP contribution in [0.1, 0.15) is 32.0 Å². The predicted molar refractivity (Wildman–Crippen MR) is 139 cm³/mol. The average Bonchev–Trinajstić information content (AvgIpc) is 2.88. The molecule has 0 bridgehead atoms. The Bertz CT molecular complexity index is 1500. The molecule has 3 rings (SSSR count). The van der Waals surface area contributed by atoms with Crippen molar-refractivity contribution >= 4 is 44.6 Å². The molecule has 0 radical (unpaired) electrons. The van der Waals surface area contributed by atoms with Crippen molar-refractivity contribution in [3.05, 3.63) is 82.4 Å². The number of sulfone groups is 1. The van der Waals surface area contributed by atoms with E-state index in [9.17, 15) is 31.2 Å². The van der Waals surface area contributed by atoms with E-state index < -0.39 is 44.3 Å². The highest BCUT2D eigenvalue weighted by atomic mass is 35.5. The lowest BCUT2D eigenvalue weighted by atomic mass is 9.83. The van der Waals surface area contributed by atoms with Gasteiger partial charge in [0.05, 0.1) is 22.5 Å². The second-order valence-electron chi connectivity index (χ2n) is 8.98. The van der Waals surface area contributed by atoms with Crippen LogP contribution in [0.25, 0.3) is 0 Å². The second kappa shape index (κ2) is 11.1. The number of nitrogens with zero attached hydrogens (tertiary/aromatic N) is 2. The molecule has 0 aliphatic carbocycles. The Morgan fingerprint density at radius 1 is 1.05 bits per heavy atom. The molecule has 0 aliphatic rings. The van der Waals surface area contributed by atoms with Crippen LogP contribution in [0.4, 0.5) is 24.5 Å². The smallest absolute Gasteiger partial charge is 0.234 e. The van der Waals surface area contributed by atoms with Gasteiger partial charge in [-0.2, -0.15) is 0 Å². The van der Waals surface area contributed by atoms with Crippen LogP contribution in [-0.2, 0) is 31.3 Å². The SMILES string of the molecule is CCS(=O)(=O)c1ccc(CC(=O)N(C)c2ccc(C(C)(C)C(=O)Nc3c(F)ccc(F)c3F)c(Cl)c2)nc1. The monoisotopic (exact) mass is 567 g/mol. The number of likely N-dealkylation sites (N-methyl/N-ethyl adjacent to an activating group) is 1. The summed E-state index contributed by atoms with van der Waals surface area (Å²) in [6.45, 7) is 4.47. The zero-order valence-electron chi connectivity index (χ0n) is 21.0. The maximum absolute atomic E-state index is 14.0. The summed E-state index contributed by atoms with van der Waals surface area (Å²) in [6.07, 6.45) is 1.10. The summed E-state index contributed by atoms with van der Waals surface area (Å²) in [6, 6.07) is 8.68. The van der Waals surface area contributed by atoms with Crippen molar-refractivity contribution < 1.29 is 31.2 Å². The fraction of sp³-hybridized carbons (Fsp3) is 0.269. The molecule has 0 saturated heterocycles. The summed E-state index contributed by atoms with van der Waals surface area (Å²) in [5.41, 5.74) is -1.24. The van der Waals surface area contributed by atoms with Gasteiger partial charge >= 0.3 is 0 Å². The van der Waals surface area contributed by atoms with Crippen molar-refractivity contribution in [2.24, 2.45) is 0 Å². The molecule has 0 spiro atoms. The van der Waals surface area contributed by atoms with Crippen LogP contribution < -0.4 is 10.2 Å². The maximum Gasteiger partial charge on any atom is 0.234 e. The first-order chi connectivity index (χ1) is 17.7. The first-order valence-electron chi connectivity index (χ1n) is 11.4. The number of pyridine rings is 1. The standard InChI is InChI=1S/C26H25ClF3N3O4S/c1-5-38(36,37)17-8-6-15(31-14-17)12-22(34)33(4)16-7-9-18(19(27)13-16)26(2,3)25(35)32-24-21(29)11-10-20(28)23(24)30/h6-11,13-14H,5,12H2,1-4H3,(H,32,35). The summed E-state index contributed by atoms with van der Waals surface area (Å²) < 4.78 is 65.4. The molecule has 1 N–H and O–H groups in total. The van der Waals surface area contributed by atoms with Crippen LogP contribution in [-0.4, -0.2) is 38.0 Å². The number of aromatic nitrogens is 1. The van der Waals surface area contributed by atoms with E-state index in [1.54, 1.807) is 6.07 Å². The first-order valence-corrected chi connectivity index (χ1v) is 13.4. The largest absolute Gasteiger partial charge is 0.320 e. The van der Waals surface area contributed by atoms with Crippen molar-refractivity contribution in [3.8, 4) is 0 Å². The summed E-state index contributed by atoms with van der Waals surface area (Å²) in [5, 5.41) is 2.19. The molecule has 1 aromatic heterocycles. The van der Waals surface area contributed by atoms with E-state index in [1.807, 2.05) is 0 Å². The van der Waals surface area contributed by atoms with Crippen molar-refractivity contribution in [1.82, 2.24) is 4.98 Å². The highest BCUT2D eigenvalue weighted by molar-refractivity contribution is 7.91. The van der Waals surface area contributed by atoms with E-state index in [-0.39, 0.29) is 28.0 Å². The third-order valence-electron chi connectivity index (χ3n) is 6.11.